The zero-order valence-corrected chi connectivity index (χ0v) is 12.4. The number of nitrogen functional groups attached to an aromatic ring is 1. The van der Waals surface area contributed by atoms with Gasteiger partial charge in [0, 0.05) is 14.1 Å². The molecule has 1 amide bonds. The van der Waals surface area contributed by atoms with E-state index in [1.165, 1.54) is 6.07 Å². The third-order valence-corrected chi connectivity index (χ3v) is 2.41. The first-order valence-corrected chi connectivity index (χ1v) is 6.15. The average molecular weight is 276 g/mol. The van der Waals surface area contributed by atoms with Gasteiger partial charge < -0.3 is 15.4 Å². The summed E-state index contributed by atoms with van der Waals surface area (Å²) in [7, 11) is 3.62. The third-order valence-electron chi connectivity index (χ3n) is 2.41. The molecule has 0 fully saturated rings. The number of nitrogens with zero attached hydrogens (tertiary/aromatic N) is 2. The van der Waals surface area contributed by atoms with Gasteiger partial charge in [0.1, 0.15) is 11.7 Å². The van der Waals surface area contributed by atoms with Gasteiger partial charge in [0.15, 0.2) is 0 Å². The molecule has 3 N–H and O–H groups in total. The third kappa shape index (κ3) is 4.05. The molecule has 0 saturated heterocycles. The number of carbonyl (C=O) groups is 1. The van der Waals surface area contributed by atoms with Gasteiger partial charge in [-0.2, -0.15) is 5.26 Å². The van der Waals surface area contributed by atoms with Crippen molar-refractivity contribution >= 4 is 23.2 Å². The molecule has 0 aliphatic rings. The first-order chi connectivity index (χ1) is 9.14. The molecule has 6 nitrogen and oxygen atoms in total. The minimum absolute atomic E-state index is 0.318. The highest BCUT2D eigenvalue weighted by Crippen LogP contribution is 2.29. The van der Waals surface area contributed by atoms with Crippen LogP contribution in [0.4, 0.5) is 21.9 Å². The summed E-state index contributed by atoms with van der Waals surface area (Å²) in [4.78, 5) is 13.5. The second-order valence-corrected chi connectivity index (χ2v) is 5.59. The second-order valence-electron chi connectivity index (χ2n) is 5.59. The largest absolute Gasteiger partial charge is 0.444 e. The minimum atomic E-state index is -0.587. The van der Waals surface area contributed by atoms with Crippen LogP contribution in [0.15, 0.2) is 12.1 Å². The molecule has 108 valence electrons. The lowest BCUT2D eigenvalue weighted by Crippen LogP contribution is -2.27. The molecule has 20 heavy (non-hydrogen) atoms. The molecule has 0 aliphatic carbocycles. The van der Waals surface area contributed by atoms with Crippen LogP contribution in [0.1, 0.15) is 26.3 Å². The van der Waals surface area contributed by atoms with Crippen molar-refractivity contribution in [3.63, 3.8) is 0 Å². The van der Waals surface area contributed by atoms with Crippen LogP contribution in [-0.2, 0) is 4.74 Å². The molecule has 0 radical (unpaired) electrons. The molecule has 0 aromatic heterocycles. The molecule has 1 aromatic carbocycles. The summed E-state index contributed by atoms with van der Waals surface area (Å²) in [6.07, 6.45) is -0.585. The molecule has 0 atom stereocenters. The second kappa shape index (κ2) is 5.70. The normalized spacial score (nSPS) is 10.6. The highest BCUT2D eigenvalue weighted by molar-refractivity contribution is 5.91. The maximum Gasteiger partial charge on any atom is 0.412 e. The van der Waals surface area contributed by atoms with Gasteiger partial charge in [-0.3, -0.25) is 5.32 Å². The topological polar surface area (TPSA) is 91.4 Å². The molecular weight excluding hydrogens is 256 g/mol. The minimum Gasteiger partial charge on any atom is -0.444 e. The molecular formula is C14H20N4O2. The Balaban J connectivity index is 3.05. The Bertz CT molecular complexity index is 554. The Kier molecular flexibility index (Phi) is 4.45. The number of hydrogen-bond acceptors (Lipinski definition) is 5. The van der Waals surface area contributed by atoms with Gasteiger partial charge in [-0.1, -0.05) is 0 Å². The molecule has 1 aromatic rings. The maximum absolute atomic E-state index is 11.7. The number of amides is 1. The van der Waals surface area contributed by atoms with Gasteiger partial charge in [-0.25, -0.2) is 4.79 Å². The SMILES string of the molecule is CN(C)c1cc(NC(=O)OC(C)(C)C)c(N)cc1C#N. The standard InChI is InChI=1S/C14H20N4O2/c1-14(2,3)20-13(19)17-11-7-12(18(4)5)9(8-15)6-10(11)16/h6-7H,16H2,1-5H3,(H,17,19). The molecule has 0 aliphatic heterocycles. The number of nitrogens with two attached hydrogens (primary N) is 1. The highest BCUT2D eigenvalue weighted by atomic mass is 16.6. The Hall–Kier alpha value is -2.42. The van der Waals surface area contributed by atoms with Crippen molar-refractivity contribution in [2.45, 2.75) is 26.4 Å². The molecule has 0 saturated carbocycles. The fourth-order valence-corrected chi connectivity index (χ4v) is 1.59. The summed E-state index contributed by atoms with van der Waals surface area (Å²) in [5.74, 6) is 0. The summed E-state index contributed by atoms with van der Waals surface area (Å²) in [5.41, 5.74) is 7.11. The van der Waals surface area contributed by atoms with Crippen LogP contribution < -0.4 is 16.0 Å². The summed E-state index contributed by atoms with van der Waals surface area (Å²) in [5, 5.41) is 11.7. The Morgan fingerprint density at radius 2 is 2.00 bits per heavy atom. The lowest BCUT2D eigenvalue weighted by atomic mass is 10.1. The number of rotatable bonds is 2. The highest BCUT2D eigenvalue weighted by Gasteiger charge is 2.18. The van der Waals surface area contributed by atoms with E-state index in [2.05, 4.69) is 11.4 Å². The molecule has 0 spiro atoms. The van der Waals surface area contributed by atoms with Gasteiger partial charge >= 0.3 is 6.09 Å². The fourth-order valence-electron chi connectivity index (χ4n) is 1.59. The van der Waals surface area contributed by atoms with E-state index in [1.807, 2.05) is 14.1 Å². The van der Waals surface area contributed by atoms with E-state index in [9.17, 15) is 4.79 Å². The molecule has 0 unspecified atom stereocenters. The van der Waals surface area contributed by atoms with Crippen molar-refractivity contribution in [1.29, 1.82) is 5.26 Å². The summed E-state index contributed by atoms with van der Waals surface area (Å²) in [6, 6.07) is 5.25. The quantitative estimate of drug-likeness (QED) is 0.810. The summed E-state index contributed by atoms with van der Waals surface area (Å²) >= 11 is 0. The number of benzene rings is 1. The molecule has 1 rings (SSSR count). The van der Waals surface area contributed by atoms with Gasteiger partial charge in [0.25, 0.3) is 0 Å². The van der Waals surface area contributed by atoms with E-state index in [1.54, 1.807) is 31.7 Å². The Labute approximate surface area is 119 Å². The lowest BCUT2D eigenvalue weighted by Gasteiger charge is -2.21. The average Bonchev–Trinajstić information content (AvgIpc) is 2.28. The molecule has 6 heteroatoms. The Morgan fingerprint density at radius 3 is 2.45 bits per heavy atom. The van der Waals surface area contributed by atoms with E-state index >= 15 is 0 Å². The monoisotopic (exact) mass is 276 g/mol. The van der Waals surface area contributed by atoms with Gasteiger partial charge in [0.2, 0.25) is 0 Å². The smallest absolute Gasteiger partial charge is 0.412 e. The number of nitrogens with one attached hydrogen (secondary N) is 1. The van der Waals surface area contributed by atoms with Crippen molar-refractivity contribution in [2.24, 2.45) is 0 Å². The van der Waals surface area contributed by atoms with Gasteiger partial charge in [0.05, 0.1) is 22.6 Å². The lowest BCUT2D eigenvalue weighted by molar-refractivity contribution is 0.0636. The first kappa shape index (κ1) is 15.6. The van der Waals surface area contributed by atoms with Gasteiger partial charge in [-0.15, -0.1) is 0 Å². The van der Waals surface area contributed by atoms with Crippen molar-refractivity contribution < 1.29 is 9.53 Å². The van der Waals surface area contributed by atoms with Crippen LogP contribution in [0.2, 0.25) is 0 Å². The molecule has 0 bridgehead atoms. The predicted molar refractivity (Wildman–Crippen MR) is 79.8 cm³/mol. The van der Waals surface area contributed by atoms with E-state index in [-0.39, 0.29) is 0 Å². The zero-order chi connectivity index (χ0) is 15.5. The van der Waals surface area contributed by atoms with Crippen molar-refractivity contribution in [1.82, 2.24) is 0 Å². The van der Waals surface area contributed by atoms with Crippen LogP contribution >= 0.6 is 0 Å². The van der Waals surface area contributed by atoms with E-state index in [0.717, 1.165) is 0 Å². The van der Waals surface area contributed by atoms with Crippen molar-refractivity contribution in [2.75, 3.05) is 30.0 Å². The van der Waals surface area contributed by atoms with E-state index in [0.29, 0.717) is 22.6 Å². The van der Waals surface area contributed by atoms with Crippen molar-refractivity contribution in [3.8, 4) is 6.07 Å². The van der Waals surface area contributed by atoms with Crippen molar-refractivity contribution in [3.05, 3.63) is 17.7 Å². The van der Waals surface area contributed by atoms with Gasteiger partial charge in [-0.05, 0) is 32.9 Å². The summed E-state index contributed by atoms with van der Waals surface area (Å²) in [6.45, 7) is 5.33. The number of anilines is 3. The predicted octanol–water partition coefficient (Wildman–Crippen LogP) is 2.55. The van der Waals surface area contributed by atoms with E-state index in [4.69, 9.17) is 15.7 Å². The van der Waals surface area contributed by atoms with Crippen LogP contribution in [-0.4, -0.2) is 25.8 Å². The first-order valence-electron chi connectivity index (χ1n) is 6.15. The number of ether oxygens (including phenoxy) is 1. The van der Waals surface area contributed by atoms with E-state index < -0.39 is 11.7 Å². The van der Waals surface area contributed by atoms with Crippen LogP contribution in [0.3, 0.4) is 0 Å². The number of nitriles is 1. The van der Waals surface area contributed by atoms with Crippen LogP contribution in [0.25, 0.3) is 0 Å². The number of carbonyl (C=O) groups excluding carboxylic acids is 1. The summed E-state index contributed by atoms with van der Waals surface area (Å²) < 4.78 is 5.17. The van der Waals surface area contributed by atoms with Crippen LogP contribution in [0.5, 0.6) is 0 Å². The molecule has 0 heterocycles. The fraction of sp³-hybridized carbons (Fsp3) is 0.429. The Morgan fingerprint density at radius 1 is 1.40 bits per heavy atom. The zero-order valence-electron chi connectivity index (χ0n) is 12.4. The maximum atomic E-state index is 11.7. The van der Waals surface area contributed by atoms with Crippen LogP contribution in [0, 0.1) is 11.3 Å². The number of hydrogen-bond donors (Lipinski definition) is 2.